The Bertz CT molecular complexity index is 819. The summed E-state index contributed by atoms with van der Waals surface area (Å²) in [6, 6.07) is 11.9. The van der Waals surface area contributed by atoms with Gasteiger partial charge in [0.2, 0.25) is 6.79 Å². The van der Waals surface area contributed by atoms with Gasteiger partial charge in [-0.15, -0.1) is 0 Å². The van der Waals surface area contributed by atoms with E-state index in [0.717, 1.165) is 5.56 Å². The lowest BCUT2D eigenvalue weighted by atomic mass is 10.1. The molecule has 0 spiro atoms. The largest absolute Gasteiger partial charge is 0.454 e. The molecule has 2 aromatic carbocycles. The molecule has 136 valence electrons. The van der Waals surface area contributed by atoms with Gasteiger partial charge in [0, 0.05) is 18.9 Å². The van der Waals surface area contributed by atoms with Crippen LogP contribution in [-0.2, 0) is 20.9 Å². The molecule has 1 aliphatic heterocycles. The topological polar surface area (TPSA) is 83.1 Å². The average Bonchev–Trinajstić information content (AvgIpc) is 3.10. The van der Waals surface area contributed by atoms with E-state index in [2.05, 4.69) is 5.32 Å². The number of anilines is 1. The number of esters is 1. The van der Waals surface area contributed by atoms with E-state index in [1.54, 1.807) is 43.5 Å². The van der Waals surface area contributed by atoms with Gasteiger partial charge in [-0.1, -0.05) is 12.1 Å². The predicted octanol–water partition coefficient (Wildman–Crippen LogP) is 2.75. The van der Waals surface area contributed by atoms with Crippen molar-refractivity contribution in [2.75, 3.05) is 19.2 Å². The Morgan fingerprint density at radius 3 is 2.77 bits per heavy atom. The van der Waals surface area contributed by atoms with E-state index in [-0.39, 0.29) is 6.79 Å². The normalized spacial score (nSPS) is 13.2. The van der Waals surface area contributed by atoms with Crippen molar-refractivity contribution in [2.45, 2.75) is 19.6 Å². The molecule has 0 unspecified atom stereocenters. The minimum absolute atomic E-state index is 0.156. The second-order valence-electron chi connectivity index (χ2n) is 5.74. The Labute approximate surface area is 150 Å². The van der Waals surface area contributed by atoms with E-state index in [9.17, 15) is 9.59 Å². The quantitative estimate of drug-likeness (QED) is 0.801. The third-order valence-electron chi connectivity index (χ3n) is 3.77. The molecule has 0 saturated heterocycles. The van der Waals surface area contributed by atoms with Gasteiger partial charge in [-0.25, -0.2) is 4.79 Å². The number of methoxy groups -OCH3 is 1. The molecule has 0 bridgehead atoms. The van der Waals surface area contributed by atoms with Crippen molar-refractivity contribution in [1.29, 1.82) is 0 Å². The van der Waals surface area contributed by atoms with Crippen LogP contribution in [-0.4, -0.2) is 31.9 Å². The van der Waals surface area contributed by atoms with Gasteiger partial charge in [-0.2, -0.15) is 0 Å². The Hall–Kier alpha value is -3.06. The summed E-state index contributed by atoms with van der Waals surface area (Å²) in [4.78, 5) is 24.5. The van der Waals surface area contributed by atoms with Gasteiger partial charge in [0.15, 0.2) is 17.6 Å². The molecule has 0 aromatic heterocycles. The number of ether oxygens (including phenoxy) is 4. The lowest BCUT2D eigenvalue weighted by Gasteiger charge is -2.14. The number of hydrogen-bond acceptors (Lipinski definition) is 6. The number of hydrogen-bond donors (Lipinski definition) is 1. The highest BCUT2D eigenvalue weighted by Gasteiger charge is 2.20. The SMILES string of the molecule is COCc1cccc(C(=O)O[C@@H](C)C(=O)Nc2ccc3c(c2)OCO3)c1. The summed E-state index contributed by atoms with van der Waals surface area (Å²) >= 11 is 0. The van der Waals surface area contributed by atoms with Crippen LogP contribution in [0.2, 0.25) is 0 Å². The zero-order valence-electron chi connectivity index (χ0n) is 14.5. The first kappa shape index (κ1) is 17.8. The highest BCUT2D eigenvalue weighted by Crippen LogP contribution is 2.34. The maximum atomic E-state index is 12.3. The third-order valence-corrected chi connectivity index (χ3v) is 3.77. The molecule has 3 rings (SSSR count). The number of amides is 1. The summed E-state index contributed by atoms with van der Waals surface area (Å²) in [5.41, 5.74) is 1.74. The second kappa shape index (κ2) is 7.88. The van der Waals surface area contributed by atoms with E-state index in [1.165, 1.54) is 6.92 Å². The van der Waals surface area contributed by atoms with E-state index < -0.39 is 18.0 Å². The van der Waals surface area contributed by atoms with E-state index in [0.29, 0.717) is 29.4 Å². The van der Waals surface area contributed by atoms with E-state index in [4.69, 9.17) is 18.9 Å². The molecule has 1 heterocycles. The fourth-order valence-electron chi connectivity index (χ4n) is 2.46. The first-order chi connectivity index (χ1) is 12.6. The molecule has 1 amide bonds. The van der Waals surface area contributed by atoms with E-state index >= 15 is 0 Å². The van der Waals surface area contributed by atoms with Crippen molar-refractivity contribution in [1.82, 2.24) is 0 Å². The Balaban J connectivity index is 1.60. The van der Waals surface area contributed by atoms with Crippen LogP contribution in [0.4, 0.5) is 5.69 Å². The zero-order chi connectivity index (χ0) is 18.5. The fourth-order valence-corrected chi connectivity index (χ4v) is 2.46. The molecule has 1 aliphatic rings. The van der Waals surface area contributed by atoms with Crippen LogP contribution in [0.3, 0.4) is 0 Å². The van der Waals surface area contributed by atoms with Gasteiger partial charge in [0.05, 0.1) is 12.2 Å². The number of rotatable bonds is 6. The number of fused-ring (bicyclic) bond motifs is 1. The van der Waals surface area contributed by atoms with Crippen molar-refractivity contribution >= 4 is 17.6 Å². The van der Waals surface area contributed by atoms with Gasteiger partial charge in [-0.05, 0) is 36.8 Å². The van der Waals surface area contributed by atoms with Crippen molar-refractivity contribution in [3.8, 4) is 11.5 Å². The van der Waals surface area contributed by atoms with Crippen molar-refractivity contribution in [3.05, 3.63) is 53.6 Å². The summed E-state index contributed by atoms with van der Waals surface area (Å²) in [5.74, 6) is 0.169. The van der Waals surface area contributed by atoms with Crippen LogP contribution in [0.25, 0.3) is 0 Å². The molecule has 1 N–H and O–H groups in total. The molecule has 1 atom stereocenters. The Morgan fingerprint density at radius 1 is 1.15 bits per heavy atom. The van der Waals surface area contributed by atoms with Gasteiger partial charge < -0.3 is 24.3 Å². The lowest BCUT2D eigenvalue weighted by molar-refractivity contribution is -0.123. The standard InChI is InChI=1S/C19H19NO6/c1-12(26-19(22)14-5-3-4-13(8-14)10-23-2)18(21)20-15-6-7-16-17(9-15)25-11-24-16/h3-9,12H,10-11H2,1-2H3,(H,20,21)/t12-/m0/s1. The maximum absolute atomic E-state index is 12.3. The number of carbonyl (C=O) groups excluding carboxylic acids is 2. The lowest BCUT2D eigenvalue weighted by Crippen LogP contribution is -2.30. The maximum Gasteiger partial charge on any atom is 0.338 e. The van der Waals surface area contributed by atoms with Crippen molar-refractivity contribution < 1.29 is 28.5 Å². The molecule has 0 saturated carbocycles. The van der Waals surface area contributed by atoms with Crippen LogP contribution in [0, 0.1) is 0 Å². The summed E-state index contributed by atoms with van der Waals surface area (Å²) in [5, 5.41) is 2.69. The molecule has 0 radical (unpaired) electrons. The van der Waals surface area contributed by atoms with Crippen molar-refractivity contribution in [2.24, 2.45) is 0 Å². The average molecular weight is 357 g/mol. The van der Waals surface area contributed by atoms with Crippen LogP contribution in [0.15, 0.2) is 42.5 Å². The molecule has 7 nitrogen and oxygen atoms in total. The summed E-state index contributed by atoms with van der Waals surface area (Å²) in [7, 11) is 1.58. The van der Waals surface area contributed by atoms with Crippen LogP contribution in [0.5, 0.6) is 11.5 Å². The van der Waals surface area contributed by atoms with Crippen molar-refractivity contribution in [3.63, 3.8) is 0 Å². The number of carbonyl (C=O) groups is 2. The fraction of sp³-hybridized carbons (Fsp3) is 0.263. The monoisotopic (exact) mass is 357 g/mol. The molecule has 0 aliphatic carbocycles. The smallest absolute Gasteiger partial charge is 0.338 e. The predicted molar refractivity (Wildman–Crippen MR) is 93.2 cm³/mol. The van der Waals surface area contributed by atoms with Gasteiger partial charge in [0.25, 0.3) is 5.91 Å². The molecular weight excluding hydrogens is 338 g/mol. The molecule has 7 heteroatoms. The van der Waals surface area contributed by atoms with Crippen LogP contribution < -0.4 is 14.8 Å². The van der Waals surface area contributed by atoms with Crippen LogP contribution >= 0.6 is 0 Å². The highest BCUT2D eigenvalue weighted by atomic mass is 16.7. The highest BCUT2D eigenvalue weighted by molar-refractivity contribution is 5.97. The summed E-state index contributed by atoms with van der Waals surface area (Å²) < 4.78 is 20.8. The summed E-state index contributed by atoms with van der Waals surface area (Å²) in [6.07, 6.45) is -0.959. The zero-order valence-corrected chi connectivity index (χ0v) is 14.5. The minimum Gasteiger partial charge on any atom is -0.454 e. The molecule has 26 heavy (non-hydrogen) atoms. The van der Waals surface area contributed by atoms with Gasteiger partial charge >= 0.3 is 5.97 Å². The number of nitrogens with one attached hydrogen (secondary N) is 1. The molecule has 2 aromatic rings. The molecule has 0 fully saturated rings. The first-order valence-electron chi connectivity index (χ1n) is 8.06. The van der Waals surface area contributed by atoms with Crippen LogP contribution in [0.1, 0.15) is 22.8 Å². The second-order valence-corrected chi connectivity index (χ2v) is 5.74. The third kappa shape index (κ3) is 4.12. The van der Waals surface area contributed by atoms with Gasteiger partial charge in [0.1, 0.15) is 0 Å². The van der Waals surface area contributed by atoms with E-state index in [1.807, 2.05) is 6.07 Å². The molecular formula is C19H19NO6. The summed E-state index contributed by atoms with van der Waals surface area (Å²) in [6.45, 7) is 2.06. The Kier molecular flexibility index (Phi) is 5.38. The minimum atomic E-state index is -0.959. The number of benzene rings is 2. The Morgan fingerprint density at radius 2 is 1.96 bits per heavy atom. The van der Waals surface area contributed by atoms with Gasteiger partial charge in [-0.3, -0.25) is 4.79 Å². The first-order valence-corrected chi connectivity index (χ1v) is 8.06.